The maximum absolute atomic E-state index is 12.7. The molecule has 3 nitrogen and oxygen atoms in total. The maximum atomic E-state index is 12.7. The van der Waals surface area contributed by atoms with Crippen molar-refractivity contribution in [3.8, 4) is 0 Å². The first-order chi connectivity index (χ1) is 16.8. The highest BCUT2D eigenvalue weighted by atomic mass is 16.6. The first kappa shape index (κ1) is 33.3. The predicted octanol–water partition coefficient (Wildman–Crippen LogP) is 10.8. The molecule has 0 spiro atoms. The number of ether oxygens (including phenoxy) is 1. The molecule has 0 rings (SSSR count). The monoisotopic (exact) mass is 481 g/mol. The third-order valence-electron chi connectivity index (χ3n) is 7.04. The van der Waals surface area contributed by atoms with Gasteiger partial charge in [0.25, 0.3) is 0 Å². The number of amides is 1. The zero-order chi connectivity index (χ0) is 25.0. The van der Waals surface area contributed by atoms with Crippen LogP contribution < -0.4 is 0 Å². The number of carbonyl (C=O) groups is 1. The zero-order valence-electron chi connectivity index (χ0n) is 23.9. The zero-order valence-corrected chi connectivity index (χ0v) is 23.9. The Morgan fingerprint density at radius 3 is 1.09 bits per heavy atom. The molecule has 0 aliphatic carbocycles. The summed E-state index contributed by atoms with van der Waals surface area (Å²) in [7, 11) is 0. The Labute approximate surface area is 215 Å². The van der Waals surface area contributed by atoms with Crippen LogP contribution in [0.4, 0.5) is 4.79 Å². The SMILES string of the molecule is CCCCCCCCCCCN(CCCCCCCCCCC)C(=O)OCCCCCCCC. The van der Waals surface area contributed by atoms with Crippen LogP contribution in [0.25, 0.3) is 0 Å². The second-order valence-corrected chi connectivity index (χ2v) is 10.5. The molecule has 0 saturated carbocycles. The summed E-state index contributed by atoms with van der Waals surface area (Å²) in [6.07, 6.45) is 31.1. The van der Waals surface area contributed by atoms with Gasteiger partial charge >= 0.3 is 6.09 Å². The largest absolute Gasteiger partial charge is 0.449 e. The van der Waals surface area contributed by atoms with E-state index in [1.807, 2.05) is 4.90 Å². The summed E-state index contributed by atoms with van der Waals surface area (Å²) in [5, 5.41) is 0. The van der Waals surface area contributed by atoms with Crippen LogP contribution in [-0.4, -0.2) is 30.7 Å². The van der Waals surface area contributed by atoms with Gasteiger partial charge in [-0.1, -0.05) is 156 Å². The molecule has 0 aliphatic heterocycles. The quantitative estimate of drug-likeness (QED) is 0.109. The van der Waals surface area contributed by atoms with Crippen LogP contribution in [0.2, 0.25) is 0 Å². The van der Waals surface area contributed by atoms with Gasteiger partial charge in [-0.25, -0.2) is 4.79 Å². The standard InChI is InChI=1S/C31H63NO2/c1-4-7-10-13-16-18-20-22-25-28-32(29-26-23-21-19-17-14-11-8-5-2)31(33)34-30-27-24-15-12-9-6-3/h4-30H2,1-3H3. The van der Waals surface area contributed by atoms with E-state index in [1.54, 1.807) is 0 Å². The molecular formula is C31H63NO2. The Balaban J connectivity index is 4.04. The van der Waals surface area contributed by atoms with Crippen molar-refractivity contribution in [2.24, 2.45) is 0 Å². The van der Waals surface area contributed by atoms with Crippen LogP contribution in [0.5, 0.6) is 0 Å². The van der Waals surface area contributed by atoms with Gasteiger partial charge in [-0.3, -0.25) is 0 Å². The first-order valence-electron chi connectivity index (χ1n) is 15.7. The van der Waals surface area contributed by atoms with E-state index in [0.717, 1.165) is 32.4 Å². The third kappa shape index (κ3) is 24.4. The number of hydrogen-bond acceptors (Lipinski definition) is 2. The van der Waals surface area contributed by atoms with Gasteiger partial charge in [0, 0.05) is 13.1 Å². The maximum Gasteiger partial charge on any atom is 0.409 e. The van der Waals surface area contributed by atoms with Gasteiger partial charge in [-0.15, -0.1) is 0 Å². The van der Waals surface area contributed by atoms with Gasteiger partial charge in [0.05, 0.1) is 6.61 Å². The molecule has 0 atom stereocenters. The van der Waals surface area contributed by atoms with Crippen molar-refractivity contribution >= 4 is 6.09 Å². The van der Waals surface area contributed by atoms with Gasteiger partial charge < -0.3 is 9.64 Å². The summed E-state index contributed by atoms with van der Waals surface area (Å²) in [6, 6.07) is 0. The fourth-order valence-corrected chi connectivity index (χ4v) is 4.65. The molecule has 1 amide bonds. The Hall–Kier alpha value is -0.730. The molecule has 0 heterocycles. The molecule has 3 heteroatoms. The Morgan fingerprint density at radius 1 is 0.441 bits per heavy atom. The molecule has 0 saturated heterocycles. The molecule has 0 N–H and O–H groups in total. The smallest absolute Gasteiger partial charge is 0.409 e. The topological polar surface area (TPSA) is 29.5 Å². The highest BCUT2D eigenvalue weighted by molar-refractivity contribution is 5.67. The van der Waals surface area contributed by atoms with E-state index >= 15 is 0 Å². The highest BCUT2D eigenvalue weighted by Gasteiger charge is 2.14. The van der Waals surface area contributed by atoms with E-state index in [0.29, 0.717) is 6.61 Å². The Bertz CT molecular complexity index is 377. The molecule has 0 fully saturated rings. The van der Waals surface area contributed by atoms with Crippen molar-refractivity contribution < 1.29 is 9.53 Å². The molecular weight excluding hydrogens is 418 g/mol. The van der Waals surface area contributed by atoms with E-state index in [-0.39, 0.29) is 6.09 Å². The highest BCUT2D eigenvalue weighted by Crippen LogP contribution is 2.13. The minimum absolute atomic E-state index is 0.0623. The average Bonchev–Trinajstić information content (AvgIpc) is 2.84. The Kier molecular flexibility index (Phi) is 27.9. The second-order valence-electron chi connectivity index (χ2n) is 10.5. The minimum Gasteiger partial charge on any atom is -0.449 e. The van der Waals surface area contributed by atoms with Crippen molar-refractivity contribution in [2.45, 2.75) is 175 Å². The van der Waals surface area contributed by atoms with Crippen LogP contribution >= 0.6 is 0 Å². The third-order valence-corrected chi connectivity index (χ3v) is 7.04. The number of unbranched alkanes of at least 4 members (excludes halogenated alkanes) is 21. The number of carbonyl (C=O) groups excluding carboxylic acids is 1. The predicted molar refractivity (Wildman–Crippen MR) is 151 cm³/mol. The van der Waals surface area contributed by atoms with Gasteiger partial charge in [0.1, 0.15) is 0 Å². The molecule has 0 aromatic rings. The van der Waals surface area contributed by atoms with Crippen molar-refractivity contribution in [3.05, 3.63) is 0 Å². The fourth-order valence-electron chi connectivity index (χ4n) is 4.65. The van der Waals surface area contributed by atoms with Gasteiger partial charge in [0.2, 0.25) is 0 Å². The van der Waals surface area contributed by atoms with Crippen LogP contribution in [0, 0.1) is 0 Å². The fraction of sp³-hybridized carbons (Fsp3) is 0.968. The van der Waals surface area contributed by atoms with E-state index in [2.05, 4.69) is 20.8 Å². The summed E-state index contributed by atoms with van der Waals surface area (Å²) in [6.45, 7) is 9.15. The molecule has 0 radical (unpaired) electrons. The summed E-state index contributed by atoms with van der Waals surface area (Å²) in [4.78, 5) is 14.7. The van der Waals surface area contributed by atoms with Crippen LogP contribution in [-0.2, 0) is 4.74 Å². The number of nitrogens with zero attached hydrogens (tertiary/aromatic N) is 1. The number of rotatable bonds is 27. The van der Waals surface area contributed by atoms with Crippen molar-refractivity contribution in [1.82, 2.24) is 4.90 Å². The lowest BCUT2D eigenvalue weighted by Gasteiger charge is -2.22. The van der Waals surface area contributed by atoms with E-state index in [4.69, 9.17) is 4.74 Å². The molecule has 0 aromatic heterocycles. The number of hydrogen-bond donors (Lipinski definition) is 0. The molecule has 34 heavy (non-hydrogen) atoms. The van der Waals surface area contributed by atoms with Crippen molar-refractivity contribution in [2.75, 3.05) is 19.7 Å². The summed E-state index contributed by atoms with van der Waals surface area (Å²) in [5.74, 6) is 0. The van der Waals surface area contributed by atoms with Gasteiger partial charge in [0.15, 0.2) is 0 Å². The van der Waals surface area contributed by atoms with Crippen molar-refractivity contribution in [1.29, 1.82) is 0 Å². The van der Waals surface area contributed by atoms with Gasteiger partial charge in [-0.05, 0) is 19.3 Å². The molecule has 0 aromatic carbocycles. The molecule has 0 aliphatic rings. The lowest BCUT2D eigenvalue weighted by Crippen LogP contribution is -2.33. The van der Waals surface area contributed by atoms with Crippen LogP contribution in [0.3, 0.4) is 0 Å². The summed E-state index contributed by atoms with van der Waals surface area (Å²) >= 11 is 0. The van der Waals surface area contributed by atoms with Gasteiger partial charge in [-0.2, -0.15) is 0 Å². The van der Waals surface area contributed by atoms with E-state index in [1.165, 1.54) is 135 Å². The first-order valence-corrected chi connectivity index (χ1v) is 15.7. The van der Waals surface area contributed by atoms with E-state index in [9.17, 15) is 4.79 Å². The summed E-state index contributed by atoms with van der Waals surface area (Å²) in [5.41, 5.74) is 0. The van der Waals surface area contributed by atoms with Crippen LogP contribution in [0.15, 0.2) is 0 Å². The van der Waals surface area contributed by atoms with E-state index < -0.39 is 0 Å². The normalized spacial score (nSPS) is 11.1. The second kappa shape index (κ2) is 28.5. The molecule has 0 unspecified atom stereocenters. The summed E-state index contributed by atoms with van der Waals surface area (Å²) < 4.78 is 5.66. The minimum atomic E-state index is -0.0623. The lowest BCUT2D eigenvalue weighted by atomic mass is 10.1. The molecule has 204 valence electrons. The lowest BCUT2D eigenvalue weighted by molar-refractivity contribution is 0.0989. The molecule has 0 bridgehead atoms. The van der Waals surface area contributed by atoms with Crippen molar-refractivity contribution in [3.63, 3.8) is 0 Å². The Morgan fingerprint density at radius 2 is 0.735 bits per heavy atom. The average molecular weight is 482 g/mol. The van der Waals surface area contributed by atoms with Crippen LogP contribution in [0.1, 0.15) is 175 Å².